The lowest BCUT2D eigenvalue weighted by Crippen LogP contribution is -2.34. The summed E-state index contributed by atoms with van der Waals surface area (Å²) in [5.74, 6) is 0.784. The molecule has 1 atom stereocenters. The van der Waals surface area contributed by atoms with Crippen molar-refractivity contribution in [3.8, 4) is 11.5 Å². The predicted octanol–water partition coefficient (Wildman–Crippen LogP) is 4.22. The van der Waals surface area contributed by atoms with E-state index in [1.807, 2.05) is 24.3 Å². The predicted molar refractivity (Wildman–Crippen MR) is 91.3 cm³/mol. The molecule has 0 fully saturated rings. The number of esters is 1. The highest BCUT2D eigenvalue weighted by atomic mass is 35.5. The minimum atomic E-state index is -0.699. The minimum Gasteiger partial charge on any atom is -0.465 e. The van der Waals surface area contributed by atoms with Crippen LogP contribution in [0.5, 0.6) is 11.5 Å². The summed E-state index contributed by atoms with van der Waals surface area (Å²) in [6.45, 7) is 2.06. The molecule has 2 aromatic rings. The molecule has 0 heterocycles. The van der Waals surface area contributed by atoms with Gasteiger partial charge in [0.05, 0.1) is 16.7 Å². The topological polar surface area (TPSA) is 61.5 Å². The smallest absolute Gasteiger partial charge is 0.323 e. The summed E-state index contributed by atoms with van der Waals surface area (Å²) < 4.78 is 10.6. The van der Waals surface area contributed by atoms with E-state index in [1.54, 1.807) is 25.1 Å². The molecule has 23 heavy (non-hydrogen) atoms. The molecule has 0 radical (unpaired) electrons. The van der Waals surface area contributed by atoms with Crippen molar-refractivity contribution in [2.45, 2.75) is 19.4 Å². The molecule has 0 bridgehead atoms. The second kappa shape index (κ2) is 8.20. The van der Waals surface area contributed by atoms with E-state index in [1.165, 1.54) is 0 Å². The lowest BCUT2D eigenvalue weighted by Gasteiger charge is -2.12. The summed E-state index contributed by atoms with van der Waals surface area (Å²) in [7, 11) is 0. The zero-order valence-electron chi connectivity index (χ0n) is 12.6. The van der Waals surface area contributed by atoms with Crippen LogP contribution in [0.2, 0.25) is 10.0 Å². The summed E-state index contributed by atoms with van der Waals surface area (Å²) in [5, 5.41) is 0.887. The zero-order chi connectivity index (χ0) is 16.8. The van der Waals surface area contributed by atoms with Gasteiger partial charge in [-0.1, -0.05) is 35.3 Å². The molecule has 0 saturated heterocycles. The monoisotopic (exact) mass is 353 g/mol. The Balaban J connectivity index is 2.07. The van der Waals surface area contributed by atoms with Crippen LogP contribution in [-0.4, -0.2) is 18.6 Å². The van der Waals surface area contributed by atoms with Gasteiger partial charge in [-0.15, -0.1) is 0 Å². The van der Waals surface area contributed by atoms with Crippen molar-refractivity contribution in [2.24, 2.45) is 5.73 Å². The van der Waals surface area contributed by atoms with Crippen molar-refractivity contribution in [3.63, 3.8) is 0 Å². The third-order valence-corrected chi connectivity index (χ3v) is 3.81. The molecule has 2 rings (SSSR count). The van der Waals surface area contributed by atoms with E-state index in [0.29, 0.717) is 34.6 Å². The summed E-state index contributed by atoms with van der Waals surface area (Å²) >= 11 is 11.8. The molecule has 0 spiro atoms. The first-order valence-corrected chi connectivity index (χ1v) is 7.89. The number of ether oxygens (including phenoxy) is 2. The number of benzene rings is 2. The number of halogens is 2. The number of rotatable bonds is 6. The Hall–Kier alpha value is -1.75. The Morgan fingerprint density at radius 3 is 2.57 bits per heavy atom. The molecule has 0 aromatic heterocycles. The third kappa shape index (κ3) is 5.13. The minimum absolute atomic E-state index is 0.313. The SMILES string of the molecule is CCOC(=O)C(N)Cc1cccc(Oc2ccc(Cl)c(Cl)c2)c1. The average molecular weight is 354 g/mol. The summed E-state index contributed by atoms with van der Waals surface area (Å²) in [4.78, 5) is 11.6. The van der Waals surface area contributed by atoms with E-state index >= 15 is 0 Å². The summed E-state index contributed by atoms with van der Waals surface area (Å²) in [6, 6.07) is 11.7. The van der Waals surface area contributed by atoms with Crippen LogP contribution in [0.15, 0.2) is 42.5 Å². The molecule has 2 aromatic carbocycles. The first kappa shape index (κ1) is 17.6. The molecule has 0 saturated carbocycles. The van der Waals surface area contributed by atoms with E-state index in [2.05, 4.69) is 0 Å². The zero-order valence-corrected chi connectivity index (χ0v) is 14.1. The van der Waals surface area contributed by atoms with Gasteiger partial charge in [-0.05, 0) is 43.2 Å². The van der Waals surface area contributed by atoms with Crippen molar-refractivity contribution in [3.05, 3.63) is 58.1 Å². The molecule has 4 nitrogen and oxygen atoms in total. The van der Waals surface area contributed by atoms with Gasteiger partial charge < -0.3 is 15.2 Å². The van der Waals surface area contributed by atoms with Crippen molar-refractivity contribution >= 4 is 29.2 Å². The molecule has 6 heteroatoms. The van der Waals surface area contributed by atoms with E-state index in [9.17, 15) is 4.79 Å². The van der Waals surface area contributed by atoms with Crippen molar-refractivity contribution in [1.29, 1.82) is 0 Å². The van der Waals surface area contributed by atoms with E-state index in [-0.39, 0.29) is 0 Å². The maximum atomic E-state index is 11.6. The lowest BCUT2D eigenvalue weighted by molar-refractivity contribution is -0.144. The highest BCUT2D eigenvalue weighted by molar-refractivity contribution is 6.42. The molecule has 0 aliphatic carbocycles. The maximum absolute atomic E-state index is 11.6. The molecule has 0 amide bonds. The van der Waals surface area contributed by atoms with E-state index in [4.69, 9.17) is 38.4 Å². The molecule has 0 aliphatic rings. The molecule has 122 valence electrons. The average Bonchev–Trinajstić information content (AvgIpc) is 2.51. The van der Waals surface area contributed by atoms with Crippen LogP contribution in [0.1, 0.15) is 12.5 Å². The van der Waals surface area contributed by atoms with Crippen LogP contribution < -0.4 is 10.5 Å². The van der Waals surface area contributed by atoms with Gasteiger partial charge in [0.1, 0.15) is 17.5 Å². The van der Waals surface area contributed by atoms with Gasteiger partial charge in [-0.3, -0.25) is 4.79 Å². The van der Waals surface area contributed by atoms with Crippen LogP contribution in [0.4, 0.5) is 0 Å². The van der Waals surface area contributed by atoms with E-state index in [0.717, 1.165) is 5.56 Å². The largest absolute Gasteiger partial charge is 0.465 e. The molecular weight excluding hydrogens is 337 g/mol. The standard InChI is InChI=1S/C17H17Cl2NO3/c1-2-22-17(21)16(20)9-11-4-3-5-12(8-11)23-13-6-7-14(18)15(19)10-13/h3-8,10,16H,2,9,20H2,1H3. The normalized spacial score (nSPS) is 11.8. The number of hydrogen-bond donors (Lipinski definition) is 1. The van der Waals surface area contributed by atoms with Crippen LogP contribution >= 0.6 is 23.2 Å². The molecule has 1 unspecified atom stereocenters. The fourth-order valence-corrected chi connectivity index (χ4v) is 2.29. The number of carbonyl (C=O) groups is 1. The van der Waals surface area contributed by atoms with Gasteiger partial charge in [-0.25, -0.2) is 0 Å². The Morgan fingerprint density at radius 2 is 1.87 bits per heavy atom. The highest BCUT2D eigenvalue weighted by Crippen LogP contribution is 2.29. The van der Waals surface area contributed by atoms with Crippen molar-refractivity contribution in [2.75, 3.05) is 6.61 Å². The van der Waals surface area contributed by atoms with Gasteiger partial charge >= 0.3 is 5.97 Å². The van der Waals surface area contributed by atoms with Crippen LogP contribution in [0.3, 0.4) is 0 Å². The second-order valence-corrected chi connectivity index (χ2v) is 5.70. The Labute approximate surface area is 145 Å². The van der Waals surface area contributed by atoms with Gasteiger partial charge in [0.2, 0.25) is 0 Å². The maximum Gasteiger partial charge on any atom is 0.323 e. The first-order chi connectivity index (χ1) is 11.0. The Bertz CT molecular complexity index is 691. The fourth-order valence-electron chi connectivity index (χ4n) is 2.00. The summed E-state index contributed by atoms with van der Waals surface area (Å²) in [6.07, 6.45) is 0.372. The quantitative estimate of drug-likeness (QED) is 0.789. The molecule has 0 aliphatic heterocycles. The van der Waals surface area contributed by atoms with Crippen LogP contribution in [-0.2, 0) is 16.0 Å². The van der Waals surface area contributed by atoms with Gasteiger partial charge in [-0.2, -0.15) is 0 Å². The Kier molecular flexibility index (Phi) is 6.28. The Morgan fingerprint density at radius 1 is 1.13 bits per heavy atom. The van der Waals surface area contributed by atoms with Gasteiger partial charge in [0.15, 0.2) is 0 Å². The third-order valence-electron chi connectivity index (χ3n) is 3.07. The highest BCUT2D eigenvalue weighted by Gasteiger charge is 2.15. The van der Waals surface area contributed by atoms with Gasteiger partial charge in [0, 0.05) is 6.07 Å². The number of nitrogens with two attached hydrogens (primary N) is 1. The van der Waals surface area contributed by atoms with Crippen LogP contribution in [0.25, 0.3) is 0 Å². The van der Waals surface area contributed by atoms with Crippen molar-refractivity contribution < 1.29 is 14.3 Å². The van der Waals surface area contributed by atoms with Crippen molar-refractivity contribution in [1.82, 2.24) is 0 Å². The lowest BCUT2D eigenvalue weighted by atomic mass is 10.1. The summed E-state index contributed by atoms with van der Waals surface area (Å²) in [5.41, 5.74) is 6.70. The second-order valence-electron chi connectivity index (χ2n) is 4.89. The van der Waals surface area contributed by atoms with Crippen LogP contribution in [0, 0.1) is 0 Å². The van der Waals surface area contributed by atoms with Gasteiger partial charge in [0.25, 0.3) is 0 Å². The molecule has 2 N–H and O–H groups in total. The fraction of sp³-hybridized carbons (Fsp3) is 0.235. The molecular formula is C17H17Cl2NO3. The van der Waals surface area contributed by atoms with E-state index < -0.39 is 12.0 Å². The number of carbonyl (C=O) groups excluding carboxylic acids is 1. The first-order valence-electron chi connectivity index (χ1n) is 7.13. The number of hydrogen-bond acceptors (Lipinski definition) is 4.